The molecule has 4 aromatic rings. The molecule has 0 saturated carbocycles. The zero-order valence-corrected chi connectivity index (χ0v) is 18.8. The molecule has 3 aromatic carbocycles. The van der Waals surface area contributed by atoms with Gasteiger partial charge < -0.3 is 5.32 Å². The summed E-state index contributed by atoms with van der Waals surface area (Å²) in [6, 6.07) is 27.6. The van der Waals surface area contributed by atoms with Gasteiger partial charge in [-0.3, -0.25) is 14.5 Å². The summed E-state index contributed by atoms with van der Waals surface area (Å²) >= 11 is 0. The minimum absolute atomic E-state index is 0.00533. The Hall–Kier alpha value is -3.97. The highest BCUT2D eigenvalue weighted by Crippen LogP contribution is 2.22. The zero-order chi connectivity index (χ0) is 23.3. The first-order valence-corrected chi connectivity index (χ1v) is 11.9. The predicted octanol–water partition coefficient (Wildman–Crippen LogP) is 4.71. The lowest BCUT2D eigenvalue weighted by atomic mass is 10.0. The van der Waals surface area contributed by atoms with Crippen molar-refractivity contribution >= 4 is 21.6 Å². The second kappa shape index (κ2) is 9.67. The fourth-order valence-electron chi connectivity index (χ4n) is 3.46. The lowest BCUT2D eigenvalue weighted by Crippen LogP contribution is -2.30. The first kappa shape index (κ1) is 22.2. The van der Waals surface area contributed by atoms with E-state index in [0.29, 0.717) is 11.4 Å². The molecule has 1 amide bonds. The summed E-state index contributed by atoms with van der Waals surface area (Å²) in [6.07, 6.45) is 1.67. The van der Waals surface area contributed by atoms with Crippen LogP contribution >= 0.6 is 0 Å². The zero-order valence-electron chi connectivity index (χ0n) is 18.0. The molecule has 4 rings (SSSR count). The van der Waals surface area contributed by atoms with Gasteiger partial charge in [-0.2, -0.15) is 0 Å². The Labute approximate surface area is 193 Å². The predicted molar refractivity (Wildman–Crippen MR) is 128 cm³/mol. The molecule has 0 radical (unpaired) electrons. The second-order valence-electron chi connectivity index (χ2n) is 7.57. The Kier molecular flexibility index (Phi) is 6.51. The SMILES string of the molecule is Cc1cccc(NS(=O)(=O)c2cccc(C(=O)NC(c3ccccc3)c3ccccn3)c2)c1. The van der Waals surface area contributed by atoms with Crippen LogP contribution in [0, 0.1) is 6.92 Å². The average Bonchev–Trinajstić information content (AvgIpc) is 2.83. The van der Waals surface area contributed by atoms with Crippen LogP contribution in [0.5, 0.6) is 0 Å². The smallest absolute Gasteiger partial charge is 0.261 e. The number of carbonyl (C=O) groups is 1. The highest BCUT2D eigenvalue weighted by atomic mass is 32.2. The molecule has 2 N–H and O–H groups in total. The Balaban J connectivity index is 1.60. The van der Waals surface area contributed by atoms with Gasteiger partial charge in [-0.1, -0.05) is 54.6 Å². The number of aryl methyl sites for hydroxylation is 1. The number of nitrogens with zero attached hydrogens (tertiary/aromatic N) is 1. The van der Waals surface area contributed by atoms with Crippen LogP contribution < -0.4 is 10.0 Å². The van der Waals surface area contributed by atoms with Crippen molar-refractivity contribution in [3.63, 3.8) is 0 Å². The van der Waals surface area contributed by atoms with Crippen molar-refractivity contribution < 1.29 is 13.2 Å². The molecule has 0 aliphatic rings. The van der Waals surface area contributed by atoms with Gasteiger partial charge in [0, 0.05) is 17.4 Å². The first-order valence-electron chi connectivity index (χ1n) is 10.4. The van der Waals surface area contributed by atoms with Gasteiger partial charge >= 0.3 is 0 Å². The largest absolute Gasteiger partial charge is 0.340 e. The minimum atomic E-state index is -3.86. The number of anilines is 1. The summed E-state index contributed by atoms with van der Waals surface area (Å²) in [7, 11) is -3.86. The molecule has 33 heavy (non-hydrogen) atoms. The van der Waals surface area contributed by atoms with Crippen molar-refractivity contribution in [2.45, 2.75) is 17.9 Å². The Morgan fingerprint density at radius 3 is 2.33 bits per heavy atom. The standard InChI is InChI=1S/C26H23N3O3S/c1-19-9-7-13-22(17-19)29-33(31,32)23-14-8-12-21(18-23)26(30)28-25(20-10-3-2-4-11-20)24-15-5-6-16-27-24/h2-18,25,29H,1H3,(H,28,30). The van der Waals surface area contributed by atoms with E-state index in [9.17, 15) is 13.2 Å². The van der Waals surface area contributed by atoms with Gasteiger partial charge in [0.05, 0.1) is 16.6 Å². The molecule has 0 aliphatic heterocycles. The maximum atomic E-state index is 13.1. The summed E-state index contributed by atoms with van der Waals surface area (Å²) in [4.78, 5) is 17.5. The number of benzene rings is 3. The topological polar surface area (TPSA) is 88.2 Å². The van der Waals surface area contributed by atoms with E-state index in [4.69, 9.17) is 0 Å². The fourth-order valence-corrected chi connectivity index (χ4v) is 4.56. The number of carbonyl (C=O) groups excluding carboxylic acids is 1. The van der Waals surface area contributed by atoms with Crippen molar-refractivity contribution in [2.24, 2.45) is 0 Å². The van der Waals surface area contributed by atoms with E-state index < -0.39 is 22.0 Å². The Bertz CT molecular complexity index is 1320. The third kappa shape index (κ3) is 5.45. The first-order chi connectivity index (χ1) is 15.9. The third-order valence-electron chi connectivity index (χ3n) is 5.07. The van der Waals surface area contributed by atoms with Crippen LogP contribution in [0.15, 0.2) is 108 Å². The van der Waals surface area contributed by atoms with Crippen molar-refractivity contribution in [3.8, 4) is 0 Å². The van der Waals surface area contributed by atoms with E-state index >= 15 is 0 Å². The Morgan fingerprint density at radius 1 is 0.848 bits per heavy atom. The van der Waals surface area contributed by atoms with E-state index in [-0.39, 0.29) is 10.5 Å². The van der Waals surface area contributed by atoms with Gasteiger partial charge in [0.25, 0.3) is 15.9 Å². The van der Waals surface area contributed by atoms with E-state index in [1.165, 1.54) is 12.1 Å². The summed E-state index contributed by atoms with van der Waals surface area (Å²) in [6.45, 7) is 1.88. The van der Waals surface area contributed by atoms with Crippen LogP contribution in [-0.2, 0) is 10.0 Å². The second-order valence-corrected chi connectivity index (χ2v) is 9.26. The fraction of sp³-hybridized carbons (Fsp3) is 0.0769. The normalized spacial score (nSPS) is 12.0. The molecule has 0 saturated heterocycles. The lowest BCUT2D eigenvalue weighted by molar-refractivity contribution is 0.0942. The molecular formula is C26H23N3O3S. The number of amides is 1. The highest BCUT2D eigenvalue weighted by molar-refractivity contribution is 7.92. The quantitative estimate of drug-likeness (QED) is 0.421. The van der Waals surface area contributed by atoms with Crippen molar-refractivity contribution in [2.75, 3.05) is 4.72 Å². The molecule has 0 fully saturated rings. The maximum Gasteiger partial charge on any atom is 0.261 e. The summed E-state index contributed by atoms with van der Waals surface area (Å²) in [5, 5.41) is 2.99. The van der Waals surface area contributed by atoms with Gasteiger partial charge in [0.2, 0.25) is 0 Å². The molecule has 1 aromatic heterocycles. The lowest BCUT2D eigenvalue weighted by Gasteiger charge is -2.19. The minimum Gasteiger partial charge on any atom is -0.340 e. The summed E-state index contributed by atoms with van der Waals surface area (Å²) in [5.41, 5.74) is 3.18. The van der Waals surface area contributed by atoms with E-state index in [1.54, 1.807) is 36.5 Å². The number of aromatic nitrogens is 1. The van der Waals surface area contributed by atoms with Gasteiger partial charge in [-0.15, -0.1) is 0 Å². The van der Waals surface area contributed by atoms with Crippen molar-refractivity contribution in [1.29, 1.82) is 0 Å². The monoisotopic (exact) mass is 457 g/mol. The van der Waals surface area contributed by atoms with Crippen molar-refractivity contribution in [1.82, 2.24) is 10.3 Å². The van der Waals surface area contributed by atoms with Crippen LogP contribution in [0.1, 0.15) is 33.2 Å². The molecule has 7 heteroatoms. The van der Waals surface area contributed by atoms with Gasteiger partial charge in [0.15, 0.2) is 0 Å². The number of hydrogen-bond donors (Lipinski definition) is 2. The molecule has 0 aliphatic carbocycles. The summed E-state index contributed by atoms with van der Waals surface area (Å²) < 4.78 is 28.4. The Morgan fingerprint density at radius 2 is 1.61 bits per heavy atom. The molecule has 6 nitrogen and oxygen atoms in total. The molecule has 1 unspecified atom stereocenters. The van der Waals surface area contributed by atoms with Crippen LogP contribution in [0.2, 0.25) is 0 Å². The number of rotatable bonds is 7. The molecule has 1 atom stereocenters. The highest BCUT2D eigenvalue weighted by Gasteiger charge is 2.21. The number of sulfonamides is 1. The van der Waals surface area contributed by atoms with Crippen LogP contribution in [0.3, 0.4) is 0 Å². The number of hydrogen-bond acceptors (Lipinski definition) is 4. The van der Waals surface area contributed by atoms with E-state index in [2.05, 4.69) is 15.0 Å². The number of nitrogens with one attached hydrogen (secondary N) is 2. The van der Waals surface area contributed by atoms with E-state index in [1.807, 2.05) is 61.5 Å². The van der Waals surface area contributed by atoms with Crippen LogP contribution in [0.25, 0.3) is 0 Å². The average molecular weight is 458 g/mol. The van der Waals surface area contributed by atoms with Gasteiger partial charge in [0.1, 0.15) is 0 Å². The number of pyridine rings is 1. The molecular weight excluding hydrogens is 434 g/mol. The van der Waals surface area contributed by atoms with Gasteiger partial charge in [-0.25, -0.2) is 8.42 Å². The summed E-state index contributed by atoms with van der Waals surface area (Å²) in [5.74, 6) is -0.401. The van der Waals surface area contributed by atoms with Gasteiger partial charge in [-0.05, 0) is 60.5 Å². The van der Waals surface area contributed by atoms with E-state index in [0.717, 1.165) is 11.1 Å². The molecule has 166 valence electrons. The molecule has 0 bridgehead atoms. The molecule has 1 heterocycles. The molecule has 0 spiro atoms. The third-order valence-corrected chi connectivity index (χ3v) is 6.45. The van der Waals surface area contributed by atoms with Crippen molar-refractivity contribution in [3.05, 3.63) is 126 Å². The van der Waals surface area contributed by atoms with Crippen LogP contribution in [0.4, 0.5) is 5.69 Å². The van der Waals surface area contributed by atoms with Crippen LogP contribution in [-0.4, -0.2) is 19.3 Å². The maximum absolute atomic E-state index is 13.1.